The highest BCUT2D eigenvalue weighted by atomic mass is 35.5. The van der Waals surface area contributed by atoms with Gasteiger partial charge in [0.2, 0.25) is 5.89 Å². The summed E-state index contributed by atoms with van der Waals surface area (Å²) >= 11 is 0. The van der Waals surface area contributed by atoms with Gasteiger partial charge in [-0.2, -0.15) is 18.2 Å². The Morgan fingerprint density at radius 1 is 1.28 bits per heavy atom. The summed E-state index contributed by atoms with van der Waals surface area (Å²) in [5.41, 5.74) is 4.62. The minimum Gasteiger partial charge on any atom is -0.338 e. The molecule has 7 nitrogen and oxygen atoms in total. The smallest absolute Gasteiger partial charge is 0.338 e. The lowest BCUT2D eigenvalue weighted by Gasteiger charge is -2.30. The third kappa shape index (κ3) is 5.30. The van der Waals surface area contributed by atoms with Gasteiger partial charge in [0.1, 0.15) is 11.5 Å². The first kappa shape index (κ1) is 21.7. The van der Waals surface area contributed by atoms with E-state index in [1.807, 2.05) is 0 Å². The van der Waals surface area contributed by atoms with Gasteiger partial charge in [-0.1, -0.05) is 5.16 Å². The second-order valence-corrected chi connectivity index (χ2v) is 5.54. The van der Waals surface area contributed by atoms with E-state index in [9.17, 15) is 13.2 Å². The molecule has 3 N–H and O–H groups in total. The van der Waals surface area contributed by atoms with Crippen LogP contribution in [0.25, 0.3) is 0 Å². The van der Waals surface area contributed by atoms with Crippen LogP contribution in [0.3, 0.4) is 0 Å². The maximum atomic E-state index is 12.6. The molecule has 0 amide bonds. The molecule has 142 valence electrons. The number of aromatic amines is 1. The van der Waals surface area contributed by atoms with Crippen molar-refractivity contribution in [3.05, 3.63) is 29.4 Å². The number of halogens is 5. The Morgan fingerprint density at radius 3 is 2.48 bits per heavy atom. The van der Waals surface area contributed by atoms with E-state index in [-0.39, 0.29) is 37.3 Å². The molecule has 1 aliphatic rings. The Bertz CT molecular complexity index is 654. The fourth-order valence-corrected chi connectivity index (χ4v) is 2.69. The quantitative estimate of drug-likeness (QED) is 0.815. The number of piperidine rings is 1. The number of hydrogen-bond acceptors (Lipinski definition) is 6. The molecule has 0 aromatic carbocycles. The lowest BCUT2D eigenvalue weighted by molar-refractivity contribution is -0.141. The molecule has 0 saturated carbocycles. The summed E-state index contributed by atoms with van der Waals surface area (Å²) < 4.78 is 42.7. The monoisotopic (exact) mass is 402 g/mol. The fourth-order valence-electron chi connectivity index (χ4n) is 2.69. The Balaban J connectivity index is 0.00000156. The molecule has 0 radical (unpaired) electrons. The largest absolute Gasteiger partial charge is 0.432 e. The Labute approximate surface area is 154 Å². The van der Waals surface area contributed by atoms with Crippen molar-refractivity contribution in [2.75, 3.05) is 13.1 Å². The summed E-state index contributed by atoms with van der Waals surface area (Å²) in [7, 11) is 0. The second-order valence-electron chi connectivity index (χ2n) is 5.54. The topological polar surface area (TPSA) is 96.9 Å². The van der Waals surface area contributed by atoms with Crippen molar-refractivity contribution in [2.45, 2.75) is 38.0 Å². The van der Waals surface area contributed by atoms with Crippen molar-refractivity contribution in [3.8, 4) is 0 Å². The molecule has 25 heavy (non-hydrogen) atoms. The van der Waals surface area contributed by atoms with E-state index in [0.29, 0.717) is 24.1 Å². The third-order valence-electron chi connectivity index (χ3n) is 3.92. The molecule has 0 bridgehead atoms. The highest BCUT2D eigenvalue weighted by molar-refractivity contribution is 5.85. The third-order valence-corrected chi connectivity index (χ3v) is 3.92. The predicted molar refractivity (Wildman–Crippen MR) is 87.5 cm³/mol. The molecule has 2 aromatic rings. The fraction of sp³-hybridized carbons (Fsp3) is 0.615. The van der Waals surface area contributed by atoms with Crippen LogP contribution in [0.5, 0.6) is 0 Å². The summed E-state index contributed by atoms with van der Waals surface area (Å²) in [6.07, 6.45) is -2.07. The minimum atomic E-state index is -4.38. The van der Waals surface area contributed by atoms with Gasteiger partial charge >= 0.3 is 6.18 Å². The summed E-state index contributed by atoms with van der Waals surface area (Å²) in [5.74, 6) is 1.38. The number of nitrogens with zero attached hydrogens (tertiary/aromatic N) is 4. The summed E-state index contributed by atoms with van der Waals surface area (Å²) in [5, 5.41) is 3.84. The number of rotatable bonds is 4. The van der Waals surface area contributed by atoms with Crippen molar-refractivity contribution in [2.24, 2.45) is 5.73 Å². The van der Waals surface area contributed by atoms with Gasteiger partial charge in [0, 0.05) is 5.92 Å². The maximum absolute atomic E-state index is 12.6. The van der Waals surface area contributed by atoms with Crippen molar-refractivity contribution >= 4 is 24.8 Å². The molecule has 1 fully saturated rings. The number of nitrogens with one attached hydrogen (secondary N) is 1. The predicted octanol–water partition coefficient (Wildman–Crippen LogP) is 2.49. The highest BCUT2D eigenvalue weighted by Crippen LogP contribution is 2.31. The van der Waals surface area contributed by atoms with E-state index in [1.54, 1.807) is 0 Å². The maximum Gasteiger partial charge on any atom is 0.432 e. The first-order valence-electron chi connectivity index (χ1n) is 7.31. The second kappa shape index (κ2) is 8.84. The van der Waals surface area contributed by atoms with E-state index >= 15 is 0 Å². The SMILES string of the molecule is Cl.Cl.NCc1nc(CN2CCC(c3ncc(C(F)(F)F)[nH]3)CC2)no1. The van der Waals surface area contributed by atoms with E-state index < -0.39 is 11.9 Å². The van der Waals surface area contributed by atoms with Gasteiger partial charge in [0.05, 0.1) is 19.3 Å². The van der Waals surface area contributed by atoms with Crippen LogP contribution in [0.2, 0.25) is 0 Å². The molecule has 12 heteroatoms. The first-order chi connectivity index (χ1) is 11.0. The van der Waals surface area contributed by atoms with Crippen LogP contribution in [0.1, 0.15) is 42.0 Å². The normalized spacial score (nSPS) is 16.3. The zero-order valence-electron chi connectivity index (χ0n) is 13.1. The molecule has 0 unspecified atom stereocenters. The van der Waals surface area contributed by atoms with Gasteiger partial charge in [0.15, 0.2) is 5.82 Å². The summed E-state index contributed by atoms with van der Waals surface area (Å²) in [4.78, 5) is 12.5. The Hall–Kier alpha value is -1.36. The van der Waals surface area contributed by atoms with E-state index in [4.69, 9.17) is 10.3 Å². The summed E-state index contributed by atoms with van der Waals surface area (Å²) in [6, 6.07) is 0. The van der Waals surface area contributed by atoms with E-state index in [1.165, 1.54) is 0 Å². The number of aromatic nitrogens is 4. The van der Waals surface area contributed by atoms with E-state index in [2.05, 4.69) is 25.0 Å². The lowest BCUT2D eigenvalue weighted by Crippen LogP contribution is -2.33. The number of likely N-dealkylation sites (tertiary alicyclic amines) is 1. The van der Waals surface area contributed by atoms with Crippen LogP contribution < -0.4 is 5.73 Å². The molecular formula is C13H19Cl2F3N6O. The number of H-pyrrole nitrogens is 1. The van der Waals surface area contributed by atoms with Gasteiger partial charge < -0.3 is 15.2 Å². The standard InChI is InChI=1S/C13H17F3N6O.2ClH/c14-13(15,16)9-6-18-12(19-9)8-1-3-22(4-2-8)7-10-20-11(5-17)23-21-10;;/h6,8H,1-5,7,17H2,(H,18,19);2*1H. The lowest BCUT2D eigenvalue weighted by atomic mass is 9.96. The molecule has 0 aliphatic carbocycles. The van der Waals surface area contributed by atoms with Gasteiger partial charge in [0.25, 0.3) is 0 Å². The molecule has 3 heterocycles. The van der Waals surface area contributed by atoms with Gasteiger partial charge in [-0.15, -0.1) is 24.8 Å². The molecule has 3 rings (SSSR count). The molecule has 1 saturated heterocycles. The molecule has 0 atom stereocenters. The number of hydrogen-bond donors (Lipinski definition) is 2. The zero-order chi connectivity index (χ0) is 16.4. The average molecular weight is 403 g/mol. The van der Waals surface area contributed by atoms with Gasteiger partial charge in [-0.25, -0.2) is 4.98 Å². The van der Waals surface area contributed by atoms with Crippen molar-refractivity contribution in [1.29, 1.82) is 0 Å². The van der Waals surface area contributed by atoms with Crippen LogP contribution in [-0.4, -0.2) is 38.1 Å². The van der Waals surface area contributed by atoms with Crippen molar-refractivity contribution in [1.82, 2.24) is 25.0 Å². The number of imidazole rings is 1. The van der Waals surface area contributed by atoms with Crippen molar-refractivity contribution in [3.63, 3.8) is 0 Å². The minimum absolute atomic E-state index is 0. The number of nitrogens with two attached hydrogens (primary N) is 1. The molecule has 0 spiro atoms. The van der Waals surface area contributed by atoms with Crippen LogP contribution in [-0.2, 0) is 19.3 Å². The van der Waals surface area contributed by atoms with Crippen LogP contribution >= 0.6 is 24.8 Å². The molecule has 1 aliphatic heterocycles. The first-order valence-corrected chi connectivity index (χ1v) is 7.31. The molecule has 2 aromatic heterocycles. The zero-order valence-corrected chi connectivity index (χ0v) is 14.8. The Morgan fingerprint density at radius 2 is 1.96 bits per heavy atom. The average Bonchev–Trinajstić information content (AvgIpc) is 3.16. The van der Waals surface area contributed by atoms with Crippen molar-refractivity contribution < 1.29 is 17.7 Å². The molecular weight excluding hydrogens is 384 g/mol. The van der Waals surface area contributed by atoms with Crippen LogP contribution in [0, 0.1) is 0 Å². The Kier molecular flexibility index (Phi) is 7.66. The van der Waals surface area contributed by atoms with Crippen LogP contribution in [0.4, 0.5) is 13.2 Å². The number of alkyl halides is 3. The summed E-state index contributed by atoms with van der Waals surface area (Å²) in [6.45, 7) is 2.22. The highest BCUT2D eigenvalue weighted by Gasteiger charge is 2.34. The van der Waals surface area contributed by atoms with E-state index in [0.717, 1.165) is 32.1 Å². The van der Waals surface area contributed by atoms with Crippen LogP contribution in [0.15, 0.2) is 10.7 Å². The van der Waals surface area contributed by atoms with Gasteiger partial charge in [-0.05, 0) is 25.9 Å². The van der Waals surface area contributed by atoms with Gasteiger partial charge in [-0.3, -0.25) is 4.90 Å².